The second-order valence-corrected chi connectivity index (χ2v) is 8.03. The lowest BCUT2D eigenvalue weighted by atomic mass is 10.1. The largest absolute Gasteiger partial charge is 0.357 e. The summed E-state index contributed by atoms with van der Waals surface area (Å²) in [6.45, 7) is 10.3. The van der Waals surface area contributed by atoms with Crippen molar-refractivity contribution in [2.45, 2.75) is 51.9 Å². The minimum atomic E-state index is 0.318. The molecule has 1 aliphatic carbocycles. The molecule has 3 fully saturated rings. The smallest absolute Gasteiger partial charge is 0.236 e. The molecule has 2 heterocycles. The van der Waals surface area contributed by atoms with Crippen LogP contribution in [0.1, 0.15) is 51.9 Å². The maximum absolute atomic E-state index is 12.5. The van der Waals surface area contributed by atoms with Crippen LogP contribution in [0.3, 0.4) is 0 Å². The molecule has 3 aliphatic rings. The van der Waals surface area contributed by atoms with Crippen molar-refractivity contribution in [1.29, 1.82) is 0 Å². The third-order valence-electron chi connectivity index (χ3n) is 5.80. The quantitative estimate of drug-likeness (QED) is 0.426. The molecule has 0 radical (unpaired) electrons. The van der Waals surface area contributed by atoms with Crippen LogP contribution < -0.4 is 5.32 Å². The Morgan fingerprint density at radius 2 is 1.73 bits per heavy atom. The molecule has 2 saturated heterocycles. The molecule has 26 heavy (non-hydrogen) atoms. The number of piperidine rings is 1. The van der Waals surface area contributed by atoms with Gasteiger partial charge in [-0.25, -0.2) is 0 Å². The SMILES string of the molecule is CCNC(=NCCCC1CC1)N1CCN(CC(=O)N2CCCCC2)CC1. The van der Waals surface area contributed by atoms with Crippen LogP contribution in [0.25, 0.3) is 0 Å². The van der Waals surface area contributed by atoms with Gasteiger partial charge in [-0.1, -0.05) is 12.8 Å². The molecule has 1 saturated carbocycles. The summed E-state index contributed by atoms with van der Waals surface area (Å²) in [6.07, 6.45) is 9.03. The minimum Gasteiger partial charge on any atom is -0.357 e. The predicted molar refractivity (Wildman–Crippen MR) is 106 cm³/mol. The van der Waals surface area contributed by atoms with E-state index in [0.717, 1.165) is 64.2 Å². The third-order valence-corrected chi connectivity index (χ3v) is 5.80. The number of carbonyl (C=O) groups excluding carboxylic acids is 1. The summed E-state index contributed by atoms with van der Waals surface area (Å²) in [7, 11) is 0. The average molecular weight is 364 g/mol. The van der Waals surface area contributed by atoms with E-state index in [1.807, 2.05) is 0 Å². The van der Waals surface area contributed by atoms with Gasteiger partial charge in [-0.3, -0.25) is 14.7 Å². The fourth-order valence-corrected chi connectivity index (χ4v) is 3.95. The molecular formula is C20H37N5O. The van der Waals surface area contributed by atoms with Crippen LogP contribution in [0.2, 0.25) is 0 Å². The zero-order chi connectivity index (χ0) is 18.2. The molecule has 0 aromatic carbocycles. The number of aliphatic imine (C=N–C) groups is 1. The van der Waals surface area contributed by atoms with Crippen LogP contribution in [-0.2, 0) is 4.79 Å². The Kier molecular flexibility index (Phi) is 7.59. The Labute approximate surface area is 159 Å². The van der Waals surface area contributed by atoms with E-state index in [1.54, 1.807) is 0 Å². The molecule has 2 aliphatic heterocycles. The van der Waals surface area contributed by atoms with E-state index in [1.165, 1.54) is 44.9 Å². The van der Waals surface area contributed by atoms with Crippen molar-refractivity contribution in [3.05, 3.63) is 0 Å². The van der Waals surface area contributed by atoms with Gasteiger partial charge in [-0.2, -0.15) is 0 Å². The lowest BCUT2D eigenvalue weighted by molar-refractivity contribution is -0.133. The number of piperazine rings is 1. The van der Waals surface area contributed by atoms with Gasteiger partial charge in [0.05, 0.1) is 6.54 Å². The third kappa shape index (κ3) is 6.15. The van der Waals surface area contributed by atoms with Crippen molar-refractivity contribution in [1.82, 2.24) is 20.0 Å². The minimum absolute atomic E-state index is 0.318. The van der Waals surface area contributed by atoms with Gasteiger partial charge in [-0.15, -0.1) is 0 Å². The molecule has 1 N–H and O–H groups in total. The van der Waals surface area contributed by atoms with Crippen molar-refractivity contribution in [3.8, 4) is 0 Å². The normalized spacial score (nSPS) is 22.6. The van der Waals surface area contributed by atoms with Crippen LogP contribution in [-0.4, -0.2) is 85.5 Å². The van der Waals surface area contributed by atoms with Gasteiger partial charge in [-0.05, 0) is 44.9 Å². The fraction of sp³-hybridized carbons (Fsp3) is 0.900. The predicted octanol–water partition coefficient (Wildman–Crippen LogP) is 1.77. The second-order valence-electron chi connectivity index (χ2n) is 8.03. The van der Waals surface area contributed by atoms with Crippen molar-refractivity contribution in [2.75, 3.05) is 58.9 Å². The standard InChI is InChI=1S/C20H37N5O/c1-2-21-20(22-10-6-7-18-8-9-18)25-15-13-23(14-16-25)17-19(26)24-11-4-3-5-12-24/h18H,2-17H2,1H3,(H,21,22). The number of likely N-dealkylation sites (tertiary alicyclic amines) is 1. The van der Waals surface area contributed by atoms with Gasteiger partial charge in [0.2, 0.25) is 5.91 Å². The summed E-state index contributed by atoms with van der Waals surface area (Å²) in [6, 6.07) is 0. The van der Waals surface area contributed by atoms with Crippen LogP contribution in [0.5, 0.6) is 0 Å². The van der Waals surface area contributed by atoms with Crippen molar-refractivity contribution in [2.24, 2.45) is 10.9 Å². The lowest BCUT2D eigenvalue weighted by Gasteiger charge is -2.37. The van der Waals surface area contributed by atoms with Crippen LogP contribution in [0, 0.1) is 5.92 Å². The molecule has 6 nitrogen and oxygen atoms in total. The molecule has 0 bridgehead atoms. The second kappa shape index (κ2) is 10.1. The van der Waals surface area contributed by atoms with Crippen LogP contribution in [0.15, 0.2) is 4.99 Å². The first kappa shape index (κ1) is 19.5. The molecule has 0 unspecified atom stereocenters. The van der Waals surface area contributed by atoms with Crippen molar-refractivity contribution < 1.29 is 4.79 Å². The van der Waals surface area contributed by atoms with Crippen LogP contribution >= 0.6 is 0 Å². The Morgan fingerprint density at radius 1 is 1.00 bits per heavy atom. The summed E-state index contributed by atoms with van der Waals surface area (Å²) in [4.78, 5) is 24.0. The van der Waals surface area contributed by atoms with Gasteiger partial charge in [0.1, 0.15) is 0 Å². The summed E-state index contributed by atoms with van der Waals surface area (Å²) in [5.41, 5.74) is 0. The zero-order valence-electron chi connectivity index (χ0n) is 16.6. The van der Waals surface area contributed by atoms with E-state index in [0.29, 0.717) is 12.5 Å². The Bertz CT molecular complexity index is 463. The van der Waals surface area contributed by atoms with E-state index in [9.17, 15) is 4.79 Å². The number of hydrogen-bond acceptors (Lipinski definition) is 3. The molecule has 3 rings (SSSR count). The summed E-state index contributed by atoms with van der Waals surface area (Å²) < 4.78 is 0. The van der Waals surface area contributed by atoms with E-state index in [-0.39, 0.29) is 0 Å². The van der Waals surface area contributed by atoms with Gasteiger partial charge in [0.15, 0.2) is 5.96 Å². The lowest BCUT2D eigenvalue weighted by Crippen LogP contribution is -2.54. The number of nitrogens with zero attached hydrogens (tertiary/aromatic N) is 4. The fourth-order valence-electron chi connectivity index (χ4n) is 3.95. The molecular weight excluding hydrogens is 326 g/mol. The monoisotopic (exact) mass is 363 g/mol. The molecule has 0 aromatic rings. The first-order valence-electron chi connectivity index (χ1n) is 10.8. The van der Waals surface area contributed by atoms with E-state index >= 15 is 0 Å². The summed E-state index contributed by atoms with van der Waals surface area (Å²) >= 11 is 0. The topological polar surface area (TPSA) is 51.2 Å². The van der Waals surface area contributed by atoms with E-state index in [2.05, 4.69) is 26.9 Å². The Morgan fingerprint density at radius 3 is 2.38 bits per heavy atom. The number of nitrogens with one attached hydrogen (secondary N) is 1. The van der Waals surface area contributed by atoms with Gasteiger partial charge >= 0.3 is 0 Å². The highest BCUT2D eigenvalue weighted by atomic mass is 16.2. The number of amides is 1. The molecule has 1 amide bonds. The van der Waals surface area contributed by atoms with Crippen molar-refractivity contribution in [3.63, 3.8) is 0 Å². The van der Waals surface area contributed by atoms with Gasteiger partial charge < -0.3 is 15.1 Å². The summed E-state index contributed by atoms with van der Waals surface area (Å²) in [5, 5.41) is 3.45. The maximum atomic E-state index is 12.5. The number of hydrogen-bond donors (Lipinski definition) is 1. The Balaban J connectivity index is 1.39. The maximum Gasteiger partial charge on any atom is 0.236 e. The van der Waals surface area contributed by atoms with Crippen molar-refractivity contribution >= 4 is 11.9 Å². The number of rotatable bonds is 7. The van der Waals surface area contributed by atoms with Gasteiger partial charge in [0, 0.05) is 52.4 Å². The van der Waals surface area contributed by atoms with Gasteiger partial charge in [0.25, 0.3) is 0 Å². The molecule has 0 aromatic heterocycles. The highest BCUT2D eigenvalue weighted by Crippen LogP contribution is 2.33. The first-order valence-corrected chi connectivity index (χ1v) is 10.8. The molecule has 0 spiro atoms. The molecule has 148 valence electrons. The Hall–Kier alpha value is -1.30. The number of guanidine groups is 1. The van der Waals surface area contributed by atoms with E-state index in [4.69, 9.17) is 4.99 Å². The molecule has 6 heteroatoms. The summed E-state index contributed by atoms with van der Waals surface area (Å²) in [5.74, 6) is 2.37. The number of carbonyl (C=O) groups is 1. The zero-order valence-corrected chi connectivity index (χ0v) is 16.6. The van der Waals surface area contributed by atoms with E-state index < -0.39 is 0 Å². The highest BCUT2D eigenvalue weighted by Gasteiger charge is 2.24. The molecule has 0 atom stereocenters. The highest BCUT2D eigenvalue weighted by molar-refractivity contribution is 5.80. The first-order chi connectivity index (χ1) is 12.8. The van der Waals surface area contributed by atoms with Crippen LogP contribution in [0.4, 0.5) is 0 Å². The average Bonchev–Trinajstić information content (AvgIpc) is 3.50.